The Bertz CT molecular complexity index is 261. The van der Waals surface area contributed by atoms with Crippen LogP contribution in [0.3, 0.4) is 0 Å². The third kappa shape index (κ3) is 6.77. The first kappa shape index (κ1) is 13.9. The van der Waals surface area contributed by atoms with Gasteiger partial charge in [0.05, 0.1) is 5.57 Å². The number of rotatable bonds is 3. The topological polar surface area (TPSA) is 110 Å². The van der Waals surface area contributed by atoms with Gasteiger partial charge in [0.15, 0.2) is 0 Å². The summed E-state index contributed by atoms with van der Waals surface area (Å²) in [4.78, 5) is 20.5. The van der Waals surface area contributed by atoms with Gasteiger partial charge in [0.1, 0.15) is 0 Å². The molecule has 0 spiro atoms. The summed E-state index contributed by atoms with van der Waals surface area (Å²) in [5.74, 6) is -2.50. The van der Waals surface area contributed by atoms with Crippen molar-refractivity contribution in [3.8, 4) is 0 Å². The predicted octanol–water partition coefficient (Wildman–Crippen LogP) is 1.21. The normalized spacial score (nSPS) is 9.85. The monoisotopic (exact) mass is 187 g/mol. The first-order valence-electron chi connectivity index (χ1n) is 3.26. The second kappa shape index (κ2) is 5.96. The molecule has 0 bridgehead atoms. The minimum Gasteiger partial charge on any atom is -0.478 e. The van der Waals surface area contributed by atoms with E-state index in [0.29, 0.717) is 6.08 Å². The van der Waals surface area contributed by atoms with Crippen LogP contribution < -0.4 is 6.15 Å². The largest absolute Gasteiger partial charge is 0.478 e. The van der Waals surface area contributed by atoms with E-state index in [4.69, 9.17) is 10.2 Å². The number of allylic oxidation sites excluding steroid dienone is 1. The van der Waals surface area contributed by atoms with Crippen LogP contribution in [0.4, 0.5) is 0 Å². The van der Waals surface area contributed by atoms with Gasteiger partial charge in [0.2, 0.25) is 0 Å². The second-order valence-electron chi connectivity index (χ2n) is 2.46. The number of hydrogen-bond acceptors (Lipinski definition) is 3. The van der Waals surface area contributed by atoms with E-state index in [9.17, 15) is 9.59 Å². The van der Waals surface area contributed by atoms with Gasteiger partial charge >= 0.3 is 11.9 Å². The van der Waals surface area contributed by atoms with Gasteiger partial charge in [-0.3, -0.25) is 0 Å². The molecule has 0 saturated heterocycles. The number of carboxylic acid groups (broad SMARTS) is 2. The molecule has 5 heteroatoms. The van der Waals surface area contributed by atoms with E-state index in [1.165, 1.54) is 6.08 Å². The predicted molar refractivity (Wildman–Crippen MR) is 47.8 cm³/mol. The highest BCUT2D eigenvalue weighted by atomic mass is 16.4. The molecule has 0 aliphatic carbocycles. The molecular weight excluding hydrogens is 174 g/mol. The van der Waals surface area contributed by atoms with Crippen LogP contribution in [0.2, 0.25) is 0 Å². The van der Waals surface area contributed by atoms with Crippen molar-refractivity contribution >= 4 is 11.9 Å². The highest BCUT2D eigenvalue weighted by Gasteiger charge is 2.05. The first-order valence-corrected chi connectivity index (χ1v) is 3.26. The van der Waals surface area contributed by atoms with Gasteiger partial charge in [-0.1, -0.05) is 5.57 Å². The van der Waals surface area contributed by atoms with E-state index in [1.807, 2.05) is 0 Å². The molecule has 0 unspecified atom stereocenters. The van der Waals surface area contributed by atoms with Gasteiger partial charge in [0, 0.05) is 6.08 Å². The zero-order chi connectivity index (χ0) is 9.72. The molecule has 0 aliphatic heterocycles. The summed E-state index contributed by atoms with van der Waals surface area (Å²) in [6.45, 7) is 3.39. The Labute approximate surface area is 76.0 Å². The maximum atomic E-state index is 10.4. The van der Waals surface area contributed by atoms with Gasteiger partial charge < -0.3 is 16.4 Å². The van der Waals surface area contributed by atoms with Gasteiger partial charge in [-0.15, -0.1) is 0 Å². The maximum Gasteiger partial charge on any atom is 0.335 e. The molecule has 0 amide bonds. The highest BCUT2D eigenvalue weighted by molar-refractivity contribution is 5.97. The summed E-state index contributed by atoms with van der Waals surface area (Å²) in [5, 5.41) is 16.8. The fraction of sp³-hybridized carbons (Fsp3) is 0.250. The smallest absolute Gasteiger partial charge is 0.335 e. The quantitative estimate of drug-likeness (QED) is 0.454. The van der Waals surface area contributed by atoms with Crippen molar-refractivity contribution in [2.45, 2.75) is 13.8 Å². The second-order valence-corrected chi connectivity index (χ2v) is 2.46. The van der Waals surface area contributed by atoms with E-state index >= 15 is 0 Å². The lowest BCUT2D eigenvalue weighted by atomic mass is 10.2. The average Bonchev–Trinajstić information content (AvgIpc) is 1.83. The van der Waals surface area contributed by atoms with E-state index in [-0.39, 0.29) is 11.7 Å². The van der Waals surface area contributed by atoms with Crippen LogP contribution in [-0.2, 0) is 9.59 Å². The van der Waals surface area contributed by atoms with Gasteiger partial charge in [0.25, 0.3) is 0 Å². The van der Waals surface area contributed by atoms with Crippen LogP contribution in [0.25, 0.3) is 0 Å². The fourth-order valence-electron chi connectivity index (χ4n) is 0.609. The van der Waals surface area contributed by atoms with Gasteiger partial charge in [-0.25, -0.2) is 9.59 Å². The Morgan fingerprint density at radius 3 is 1.77 bits per heavy atom. The van der Waals surface area contributed by atoms with E-state index < -0.39 is 11.9 Å². The molecule has 0 heterocycles. The number of hydrogen-bond donors (Lipinski definition) is 3. The van der Waals surface area contributed by atoms with Gasteiger partial charge in [-0.2, -0.15) is 0 Å². The Hall–Kier alpha value is -1.62. The molecule has 0 atom stereocenters. The molecule has 5 nitrogen and oxygen atoms in total. The fourth-order valence-corrected chi connectivity index (χ4v) is 0.609. The molecular formula is C8H13NO4. The summed E-state index contributed by atoms with van der Waals surface area (Å²) in [5.41, 5.74) is 0.521. The summed E-state index contributed by atoms with van der Waals surface area (Å²) >= 11 is 0. The maximum absolute atomic E-state index is 10.4. The third-order valence-electron chi connectivity index (χ3n) is 0.970. The minimum absolute atomic E-state index is 0. The zero-order valence-electron chi connectivity index (χ0n) is 7.57. The molecule has 0 saturated carbocycles. The van der Waals surface area contributed by atoms with Crippen LogP contribution in [0.1, 0.15) is 13.8 Å². The summed E-state index contributed by atoms with van der Waals surface area (Å²) in [7, 11) is 0. The molecule has 5 N–H and O–H groups in total. The van der Waals surface area contributed by atoms with Crippen LogP contribution in [0, 0.1) is 0 Å². The van der Waals surface area contributed by atoms with Crippen LogP contribution in [0.15, 0.2) is 23.3 Å². The summed E-state index contributed by atoms with van der Waals surface area (Å²) < 4.78 is 0. The van der Waals surface area contributed by atoms with Crippen LogP contribution in [-0.4, -0.2) is 22.2 Å². The van der Waals surface area contributed by atoms with Crippen LogP contribution in [0.5, 0.6) is 0 Å². The lowest BCUT2D eigenvalue weighted by molar-refractivity contribution is -0.134. The van der Waals surface area contributed by atoms with E-state index in [0.717, 1.165) is 5.57 Å². The number of carboxylic acids is 2. The summed E-state index contributed by atoms with van der Waals surface area (Å²) in [6, 6.07) is 0. The number of carbonyl (C=O) groups is 2. The lowest BCUT2D eigenvalue weighted by Gasteiger charge is -1.93. The van der Waals surface area contributed by atoms with Crippen molar-refractivity contribution in [2.75, 3.05) is 0 Å². The van der Waals surface area contributed by atoms with Crippen LogP contribution >= 0.6 is 0 Å². The lowest BCUT2D eigenvalue weighted by Crippen LogP contribution is -2.01. The van der Waals surface area contributed by atoms with Crippen molar-refractivity contribution < 1.29 is 19.8 Å². The SMILES string of the molecule is CC(C)=C/C(=C/C(=O)O)C(=O)O.N. The van der Waals surface area contributed by atoms with Gasteiger partial charge in [-0.05, 0) is 19.9 Å². The molecule has 74 valence electrons. The Morgan fingerprint density at radius 2 is 1.54 bits per heavy atom. The van der Waals surface area contributed by atoms with Crippen molar-refractivity contribution in [3.63, 3.8) is 0 Å². The standard InChI is InChI=1S/C8H10O4.H3N/c1-5(2)3-6(8(11)12)4-7(9)10;/h3-4H,1-2H3,(H,9,10)(H,11,12);1H3/b6-4-;. The van der Waals surface area contributed by atoms with Crippen molar-refractivity contribution in [3.05, 3.63) is 23.3 Å². The average molecular weight is 187 g/mol. The molecule has 0 rings (SSSR count). The molecule has 0 radical (unpaired) electrons. The molecule has 0 aromatic carbocycles. The number of aliphatic carboxylic acids is 2. The highest BCUT2D eigenvalue weighted by Crippen LogP contribution is 2.01. The van der Waals surface area contributed by atoms with Crippen molar-refractivity contribution in [2.24, 2.45) is 0 Å². The molecule has 0 fully saturated rings. The Morgan fingerprint density at radius 1 is 1.08 bits per heavy atom. The summed E-state index contributed by atoms with van der Waals surface area (Å²) in [6.07, 6.45) is 1.96. The Balaban J connectivity index is 0. The zero-order valence-corrected chi connectivity index (χ0v) is 7.57. The first-order chi connectivity index (χ1) is 5.43. The molecule has 13 heavy (non-hydrogen) atoms. The van der Waals surface area contributed by atoms with E-state index in [1.54, 1.807) is 13.8 Å². The minimum atomic E-state index is -1.26. The van der Waals surface area contributed by atoms with E-state index in [2.05, 4.69) is 0 Å². The molecule has 0 aliphatic rings. The van der Waals surface area contributed by atoms with Crippen molar-refractivity contribution in [1.29, 1.82) is 0 Å². The van der Waals surface area contributed by atoms with Crippen molar-refractivity contribution in [1.82, 2.24) is 6.15 Å². The molecule has 0 aromatic rings. The third-order valence-corrected chi connectivity index (χ3v) is 0.970. The Kier molecular flexibility index (Phi) is 6.39. The molecule has 0 aromatic heterocycles.